The first-order valence-corrected chi connectivity index (χ1v) is 6.91. The summed E-state index contributed by atoms with van der Waals surface area (Å²) in [5.74, 6) is -0.0657. The van der Waals surface area contributed by atoms with E-state index in [2.05, 4.69) is 10.2 Å². The first-order chi connectivity index (χ1) is 9.18. The minimum absolute atomic E-state index is 0.0657. The summed E-state index contributed by atoms with van der Waals surface area (Å²) in [6.07, 6.45) is 1.81. The predicted octanol–water partition coefficient (Wildman–Crippen LogP) is 1.98. The molecule has 2 rings (SSSR count). The van der Waals surface area contributed by atoms with Crippen LogP contribution in [0.15, 0.2) is 18.2 Å². The molecule has 1 aromatic rings. The molecular formula is C15H23FN2O. The molecule has 4 heteroatoms. The first kappa shape index (κ1) is 14.4. The summed E-state index contributed by atoms with van der Waals surface area (Å²) in [5.41, 5.74) is 2.00. The van der Waals surface area contributed by atoms with Crippen molar-refractivity contribution in [2.45, 2.75) is 18.9 Å². The monoisotopic (exact) mass is 266 g/mol. The highest BCUT2D eigenvalue weighted by atomic mass is 19.1. The average Bonchev–Trinajstić information content (AvgIpc) is 2.78. The van der Waals surface area contributed by atoms with Crippen LogP contribution in [0.3, 0.4) is 0 Å². The molecule has 0 aromatic heterocycles. The molecular weight excluding hydrogens is 243 g/mol. The summed E-state index contributed by atoms with van der Waals surface area (Å²) < 4.78 is 19.1. The minimum atomic E-state index is -0.0657. The van der Waals surface area contributed by atoms with Gasteiger partial charge in [-0.2, -0.15) is 0 Å². The van der Waals surface area contributed by atoms with E-state index in [0.29, 0.717) is 6.61 Å². The zero-order valence-electron chi connectivity index (χ0n) is 11.8. The van der Waals surface area contributed by atoms with E-state index >= 15 is 0 Å². The molecule has 0 heterocycles. The summed E-state index contributed by atoms with van der Waals surface area (Å²) in [4.78, 5) is 2.10. The zero-order valence-corrected chi connectivity index (χ0v) is 11.8. The Hall–Kier alpha value is -0.970. The molecule has 106 valence electrons. The van der Waals surface area contributed by atoms with Gasteiger partial charge in [0.2, 0.25) is 0 Å². The molecule has 1 aliphatic rings. The van der Waals surface area contributed by atoms with Crippen molar-refractivity contribution in [3.63, 3.8) is 0 Å². The third-order valence-corrected chi connectivity index (χ3v) is 3.53. The van der Waals surface area contributed by atoms with Gasteiger partial charge in [-0.1, -0.05) is 12.1 Å². The fourth-order valence-electron chi connectivity index (χ4n) is 2.48. The number of likely N-dealkylation sites (N-methyl/N-ethyl adjacent to an activating group) is 1. The van der Waals surface area contributed by atoms with Crippen molar-refractivity contribution in [2.24, 2.45) is 0 Å². The number of fused-ring (bicyclic) bond motifs is 1. The van der Waals surface area contributed by atoms with Crippen molar-refractivity contribution in [1.29, 1.82) is 0 Å². The van der Waals surface area contributed by atoms with Crippen molar-refractivity contribution in [3.05, 3.63) is 35.1 Å². The van der Waals surface area contributed by atoms with E-state index in [0.717, 1.165) is 43.7 Å². The van der Waals surface area contributed by atoms with E-state index in [1.165, 1.54) is 0 Å². The lowest BCUT2D eigenvalue weighted by atomic mass is 10.1. The first-order valence-electron chi connectivity index (χ1n) is 6.91. The molecule has 0 bridgehead atoms. The Morgan fingerprint density at radius 3 is 3.00 bits per heavy atom. The molecule has 3 nitrogen and oxygen atoms in total. The molecule has 1 N–H and O–H groups in total. The Kier molecular flexibility index (Phi) is 5.31. The van der Waals surface area contributed by atoms with E-state index in [1.807, 2.05) is 20.2 Å². The zero-order chi connectivity index (χ0) is 13.7. The van der Waals surface area contributed by atoms with Crippen molar-refractivity contribution in [2.75, 3.05) is 40.4 Å². The van der Waals surface area contributed by atoms with E-state index in [9.17, 15) is 4.39 Å². The number of hydrogen-bond acceptors (Lipinski definition) is 3. The van der Waals surface area contributed by atoms with E-state index in [1.54, 1.807) is 12.1 Å². The molecule has 0 amide bonds. The van der Waals surface area contributed by atoms with Crippen LogP contribution in [0.25, 0.3) is 0 Å². The number of benzene rings is 1. The molecule has 0 saturated heterocycles. The van der Waals surface area contributed by atoms with Gasteiger partial charge in [0.05, 0.1) is 13.2 Å². The second-order valence-corrected chi connectivity index (χ2v) is 5.27. The van der Waals surface area contributed by atoms with Gasteiger partial charge in [0.1, 0.15) is 5.82 Å². The molecule has 0 radical (unpaired) electrons. The van der Waals surface area contributed by atoms with Crippen LogP contribution >= 0.6 is 0 Å². The van der Waals surface area contributed by atoms with Crippen LogP contribution < -0.4 is 5.32 Å². The molecule has 19 heavy (non-hydrogen) atoms. The number of nitrogens with one attached hydrogen (secondary N) is 1. The van der Waals surface area contributed by atoms with Gasteiger partial charge in [0.25, 0.3) is 0 Å². The third kappa shape index (κ3) is 4.00. The molecule has 0 spiro atoms. The van der Waals surface area contributed by atoms with Gasteiger partial charge in [-0.25, -0.2) is 4.39 Å². The average molecular weight is 266 g/mol. The van der Waals surface area contributed by atoms with Crippen LogP contribution in [0.4, 0.5) is 4.39 Å². The Morgan fingerprint density at radius 1 is 1.37 bits per heavy atom. The minimum Gasteiger partial charge on any atom is -0.379 e. The smallest absolute Gasteiger partial charge is 0.126 e. The van der Waals surface area contributed by atoms with Crippen molar-refractivity contribution in [3.8, 4) is 0 Å². The summed E-state index contributed by atoms with van der Waals surface area (Å²) in [5, 5.41) is 3.45. The highest BCUT2D eigenvalue weighted by Crippen LogP contribution is 2.32. The van der Waals surface area contributed by atoms with Crippen molar-refractivity contribution < 1.29 is 9.13 Å². The molecule has 1 atom stereocenters. The maximum Gasteiger partial charge on any atom is 0.126 e. The normalized spacial score (nSPS) is 18.0. The maximum atomic E-state index is 13.6. The van der Waals surface area contributed by atoms with Gasteiger partial charge in [0, 0.05) is 19.1 Å². The quantitative estimate of drug-likeness (QED) is 0.764. The number of rotatable bonds is 7. The highest BCUT2D eigenvalue weighted by molar-refractivity contribution is 5.35. The fourth-order valence-corrected chi connectivity index (χ4v) is 2.48. The lowest BCUT2D eigenvalue weighted by molar-refractivity contribution is 0.117. The van der Waals surface area contributed by atoms with E-state index in [-0.39, 0.29) is 11.9 Å². The summed E-state index contributed by atoms with van der Waals surface area (Å²) in [6.45, 7) is 3.21. The van der Waals surface area contributed by atoms with Gasteiger partial charge in [-0.3, -0.25) is 0 Å². The fraction of sp³-hybridized carbons (Fsp3) is 0.600. The Labute approximate surface area is 114 Å². The Balaban J connectivity index is 1.70. The predicted molar refractivity (Wildman–Crippen MR) is 74.8 cm³/mol. The molecule has 0 aliphatic heterocycles. The van der Waals surface area contributed by atoms with Gasteiger partial charge >= 0.3 is 0 Å². The van der Waals surface area contributed by atoms with Crippen LogP contribution in [-0.2, 0) is 11.2 Å². The number of nitrogens with zero attached hydrogens (tertiary/aromatic N) is 1. The molecule has 0 fully saturated rings. The largest absolute Gasteiger partial charge is 0.379 e. The van der Waals surface area contributed by atoms with Gasteiger partial charge in [-0.15, -0.1) is 0 Å². The van der Waals surface area contributed by atoms with Gasteiger partial charge < -0.3 is 15.0 Å². The lowest BCUT2D eigenvalue weighted by Gasteiger charge is -2.15. The van der Waals surface area contributed by atoms with Crippen LogP contribution in [0, 0.1) is 5.82 Å². The van der Waals surface area contributed by atoms with Crippen LogP contribution in [0.1, 0.15) is 23.6 Å². The van der Waals surface area contributed by atoms with Crippen molar-refractivity contribution >= 4 is 0 Å². The van der Waals surface area contributed by atoms with Crippen LogP contribution in [0.5, 0.6) is 0 Å². The number of ether oxygens (including phenoxy) is 1. The molecule has 0 saturated carbocycles. The standard InChI is InChI=1S/C15H23FN2O/c1-18(2)9-11-19-10-8-17-15-7-6-12-13(15)4-3-5-14(12)16/h3-5,15,17H,6-11H2,1-2H3. The number of hydrogen-bond donors (Lipinski definition) is 1. The summed E-state index contributed by atoms with van der Waals surface area (Å²) in [7, 11) is 4.07. The highest BCUT2D eigenvalue weighted by Gasteiger charge is 2.23. The van der Waals surface area contributed by atoms with Crippen LogP contribution in [-0.4, -0.2) is 45.3 Å². The SMILES string of the molecule is CN(C)CCOCCNC1CCc2c(F)cccc21. The van der Waals surface area contributed by atoms with Crippen molar-refractivity contribution in [1.82, 2.24) is 10.2 Å². The van der Waals surface area contributed by atoms with E-state index in [4.69, 9.17) is 4.74 Å². The summed E-state index contributed by atoms with van der Waals surface area (Å²) in [6, 6.07) is 5.65. The second-order valence-electron chi connectivity index (χ2n) is 5.27. The topological polar surface area (TPSA) is 24.5 Å². The Morgan fingerprint density at radius 2 is 2.21 bits per heavy atom. The van der Waals surface area contributed by atoms with Crippen LogP contribution in [0.2, 0.25) is 0 Å². The lowest BCUT2D eigenvalue weighted by Crippen LogP contribution is -2.25. The Bertz CT molecular complexity index is 409. The molecule has 1 aromatic carbocycles. The van der Waals surface area contributed by atoms with Gasteiger partial charge in [0.15, 0.2) is 0 Å². The number of halogens is 1. The third-order valence-electron chi connectivity index (χ3n) is 3.53. The molecule has 1 aliphatic carbocycles. The summed E-state index contributed by atoms with van der Waals surface area (Å²) >= 11 is 0. The van der Waals surface area contributed by atoms with E-state index < -0.39 is 0 Å². The molecule has 1 unspecified atom stereocenters. The van der Waals surface area contributed by atoms with Gasteiger partial charge in [-0.05, 0) is 44.1 Å². The maximum absolute atomic E-state index is 13.6. The second kappa shape index (κ2) is 6.98.